The smallest absolute Gasteiger partial charge is 0.322 e. The number of carbonyl (C=O) groups excluding carboxylic acids is 1. The first-order valence-electron chi connectivity index (χ1n) is 7.62. The number of nitrogens with one attached hydrogen (secondary N) is 1. The van der Waals surface area contributed by atoms with Crippen molar-refractivity contribution >= 4 is 22.9 Å². The van der Waals surface area contributed by atoms with Gasteiger partial charge in [0, 0.05) is 5.56 Å². The molecule has 8 nitrogen and oxygen atoms in total. The second-order valence-electron chi connectivity index (χ2n) is 5.39. The zero-order valence-corrected chi connectivity index (χ0v) is 13.8. The highest BCUT2D eigenvalue weighted by atomic mass is 16.5. The summed E-state index contributed by atoms with van der Waals surface area (Å²) in [4.78, 5) is 31.6. The summed E-state index contributed by atoms with van der Waals surface area (Å²) in [6, 6.07) is 10.1. The Kier molecular flexibility index (Phi) is 4.66. The normalized spacial score (nSPS) is 10.5. The molecule has 0 aliphatic rings. The maximum Gasteiger partial charge on any atom is 0.322 e. The number of carboxylic acids is 1. The van der Waals surface area contributed by atoms with E-state index in [0.29, 0.717) is 17.0 Å². The second-order valence-corrected chi connectivity index (χ2v) is 5.39. The number of carbonyl (C=O) groups is 2. The molecule has 132 valence electrons. The van der Waals surface area contributed by atoms with Crippen LogP contribution >= 0.6 is 0 Å². The van der Waals surface area contributed by atoms with Crippen LogP contribution in [0.2, 0.25) is 0 Å². The fraction of sp³-hybridized carbons (Fsp3) is 0.111. The average molecular weight is 353 g/mol. The Morgan fingerprint density at radius 3 is 2.77 bits per heavy atom. The summed E-state index contributed by atoms with van der Waals surface area (Å²) in [5, 5.41) is 20.9. The van der Waals surface area contributed by atoms with Gasteiger partial charge in [0.15, 0.2) is 0 Å². The van der Waals surface area contributed by atoms with E-state index >= 15 is 0 Å². The number of nitrogens with zero attached hydrogens (tertiary/aromatic N) is 2. The Balaban J connectivity index is 2.05. The highest BCUT2D eigenvalue weighted by Gasteiger charge is 2.18. The van der Waals surface area contributed by atoms with Gasteiger partial charge in [-0.2, -0.15) is 0 Å². The molecule has 0 aliphatic carbocycles. The van der Waals surface area contributed by atoms with Crippen LogP contribution in [0.3, 0.4) is 0 Å². The number of aromatic nitrogens is 2. The summed E-state index contributed by atoms with van der Waals surface area (Å²) in [5.41, 5.74) is 1.80. The van der Waals surface area contributed by atoms with Gasteiger partial charge in [0.05, 0.1) is 24.5 Å². The van der Waals surface area contributed by atoms with Crippen LogP contribution in [0.4, 0.5) is 0 Å². The largest absolute Gasteiger partial charge is 0.507 e. The van der Waals surface area contributed by atoms with Crippen molar-refractivity contribution in [3.63, 3.8) is 0 Å². The van der Waals surface area contributed by atoms with Crippen molar-refractivity contribution in [2.24, 2.45) is 0 Å². The lowest BCUT2D eigenvalue weighted by Crippen LogP contribution is -2.29. The molecule has 0 fully saturated rings. The van der Waals surface area contributed by atoms with E-state index in [0.717, 1.165) is 5.56 Å². The van der Waals surface area contributed by atoms with Crippen LogP contribution in [0.5, 0.6) is 11.5 Å². The van der Waals surface area contributed by atoms with Crippen molar-refractivity contribution in [3.8, 4) is 22.8 Å². The van der Waals surface area contributed by atoms with Crippen molar-refractivity contribution in [1.29, 1.82) is 0 Å². The van der Waals surface area contributed by atoms with Crippen LogP contribution in [0.15, 0.2) is 42.6 Å². The summed E-state index contributed by atoms with van der Waals surface area (Å²) >= 11 is 0. The Labute approximate surface area is 148 Å². The number of rotatable bonds is 5. The SMILES string of the molecule is COc1cccc(-c2cnc3c(C(=O)NCC(=O)O)c(O)ccc3n2)c1. The average Bonchev–Trinajstić information content (AvgIpc) is 2.65. The molecule has 2 aromatic carbocycles. The molecule has 8 heteroatoms. The van der Waals surface area contributed by atoms with Gasteiger partial charge in [-0.05, 0) is 24.3 Å². The highest BCUT2D eigenvalue weighted by molar-refractivity contribution is 6.08. The molecule has 0 atom stereocenters. The summed E-state index contributed by atoms with van der Waals surface area (Å²) in [6.07, 6.45) is 1.48. The predicted molar refractivity (Wildman–Crippen MR) is 93.2 cm³/mol. The molecule has 0 unspecified atom stereocenters. The molecule has 3 N–H and O–H groups in total. The van der Waals surface area contributed by atoms with Crippen molar-refractivity contribution in [2.75, 3.05) is 13.7 Å². The first-order chi connectivity index (χ1) is 12.5. The lowest BCUT2D eigenvalue weighted by atomic mass is 10.1. The maximum atomic E-state index is 12.2. The van der Waals surface area contributed by atoms with E-state index in [1.54, 1.807) is 19.2 Å². The van der Waals surface area contributed by atoms with Crippen molar-refractivity contribution in [3.05, 3.63) is 48.2 Å². The number of hydrogen-bond donors (Lipinski definition) is 3. The number of ether oxygens (including phenoxy) is 1. The topological polar surface area (TPSA) is 122 Å². The first-order valence-corrected chi connectivity index (χ1v) is 7.62. The number of phenolic OH excluding ortho intramolecular Hbond substituents is 1. The Hall–Kier alpha value is -3.68. The third-order valence-corrected chi connectivity index (χ3v) is 3.68. The molecule has 0 radical (unpaired) electrons. The van der Waals surface area contributed by atoms with Crippen molar-refractivity contribution in [2.45, 2.75) is 0 Å². The third-order valence-electron chi connectivity index (χ3n) is 3.68. The van der Waals surface area contributed by atoms with Crippen LogP contribution in [-0.4, -0.2) is 45.7 Å². The Morgan fingerprint density at radius 2 is 2.04 bits per heavy atom. The summed E-state index contributed by atoms with van der Waals surface area (Å²) in [7, 11) is 1.57. The van der Waals surface area contributed by atoms with Gasteiger partial charge in [-0.3, -0.25) is 14.6 Å². The minimum atomic E-state index is -1.19. The fourth-order valence-electron chi connectivity index (χ4n) is 2.46. The molecule has 3 aromatic rings. The number of fused-ring (bicyclic) bond motifs is 1. The number of benzene rings is 2. The summed E-state index contributed by atoms with van der Waals surface area (Å²) in [5.74, 6) is -1.56. The Morgan fingerprint density at radius 1 is 1.23 bits per heavy atom. The number of methoxy groups -OCH3 is 1. The summed E-state index contributed by atoms with van der Waals surface area (Å²) in [6.45, 7) is -0.565. The minimum absolute atomic E-state index is 0.117. The molecule has 0 aliphatic heterocycles. The standard InChI is InChI=1S/C18H15N3O5/c1-26-11-4-2-3-10(7-11)13-8-19-17-12(21-13)5-6-14(22)16(17)18(25)20-9-15(23)24/h2-8,22H,9H2,1H3,(H,20,25)(H,23,24). The number of aliphatic carboxylic acids is 1. The lowest BCUT2D eigenvalue weighted by molar-refractivity contribution is -0.135. The molecule has 26 heavy (non-hydrogen) atoms. The molecular formula is C18H15N3O5. The maximum absolute atomic E-state index is 12.2. The monoisotopic (exact) mass is 353 g/mol. The van der Waals surface area contributed by atoms with Crippen molar-refractivity contribution in [1.82, 2.24) is 15.3 Å². The van der Waals surface area contributed by atoms with Crippen LogP contribution in [-0.2, 0) is 4.79 Å². The highest BCUT2D eigenvalue weighted by Crippen LogP contribution is 2.28. The molecule has 3 rings (SSSR count). The number of hydrogen-bond acceptors (Lipinski definition) is 6. The van der Waals surface area contributed by atoms with Crippen LogP contribution in [0.25, 0.3) is 22.3 Å². The molecule has 1 heterocycles. The van der Waals surface area contributed by atoms with E-state index < -0.39 is 18.4 Å². The summed E-state index contributed by atoms with van der Waals surface area (Å²) < 4.78 is 5.19. The van der Waals surface area contributed by atoms with Gasteiger partial charge in [0.2, 0.25) is 0 Å². The second kappa shape index (κ2) is 7.06. The quantitative estimate of drug-likeness (QED) is 0.639. The van der Waals surface area contributed by atoms with E-state index in [4.69, 9.17) is 9.84 Å². The van der Waals surface area contributed by atoms with Gasteiger partial charge >= 0.3 is 5.97 Å². The molecule has 0 bridgehead atoms. The van der Waals surface area contributed by atoms with E-state index in [1.165, 1.54) is 18.3 Å². The van der Waals surface area contributed by atoms with Gasteiger partial charge in [-0.15, -0.1) is 0 Å². The third kappa shape index (κ3) is 3.39. The zero-order chi connectivity index (χ0) is 18.7. The number of phenols is 1. The van der Waals surface area contributed by atoms with E-state index in [9.17, 15) is 14.7 Å². The lowest BCUT2D eigenvalue weighted by Gasteiger charge is -2.09. The van der Waals surface area contributed by atoms with Crippen LogP contribution < -0.4 is 10.1 Å². The van der Waals surface area contributed by atoms with Gasteiger partial charge < -0.3 is 20.3 Å². The van der Waals surface area contributed by atoms with Crippen molar-refractivity contribution < 1.29 is 24.5 Å². The molecular weight excluding hydrogens is 338 g/mol. The predicted octanol–water partition coefficient (Wildman–Crippen LogP) is 1.83. The molecule has 1 amide bonds. The minimum Gasteiger partial charge on any atom is -0.507 e. The van der Waals surface area contributed by atoms with Gasteiger partial charge in [0.25, 0.3) is 5.91 Å². The Bertz CT molecular complexity index is 1000. The van der Waals surface area contributed by atoms with Gasteiger partial charge in [-0.25, -0.2) is 4.98 Å². The van der Waals surface area contributed by atoms with Crippen LogP contribution in [0.1, 0.15) is 10.4 Å². The molecule has 0 saturated heterocycles. The number of aromatic hydroxyl groups is 1. The van der Waals surface area contributed by atoms with Gasteiger partial charge in [0.1, 0.15) is 29.1 Å². The molecule has 0 saturated carbocycles. The van der Waals surface area contributed by atoms with E-state index in [-0.39, 0.29) is 16.8 Å². The van der Waals surface area contributed by atoms with E-state index in [2.05, 4.69) is 15.3 Å². The number of amides is 1. The van der Waals surface area contributed by atoms with Gasteiger partial charge in [-0.1, -0.05) is 12.1 Å². The van der Waals surface area contributed by atoms with E-state index in [1.807, 2.05) is 12.1 Å². The zero-order valence-electron chi connectivity index (χ0n) is 13.8. The van der Waals surface area contributed by atoms with Crippen LogP contribution in [0, 0.1) is 0 Å². The first kappa shape index (κ1) is 17.2. The molecule has 0 spiro atoms. The number of carboxylic acid groups (broad SMARTS) is 1. The fourth-order valence-corrected chi connectivity index (χ4v) is 2.46. The molecule has 1 aromatic heterocycles.